The molecule has 1 aromatic heterocycles. The normalized spacial score (nSPS) is 11.9. The van der Waals surface area contributed by atoms with Crippen LogP contribution in [0.3, 0.4) is 0 Å². The highest BCUT2D eigenvalue weighted by atomic mass is 79.9. The third kappa shape index (κ3) is 3.84. The SMILES string of the molecule is CCOc1cc(/C=N\S(=O)(=O)c2cccs2)cc(Br)c1O. The van der Waals surface area contributed by atoms with Gasteiger partial charge in [0.2, 0.25) is 0 Å². The molecule has 1 aromatic carbocycles. The van der Waals surface area contributed by atoms with E-state index in [2.05, 4.69) is 20.3 Å². The number of hydrogen-bond donors (Lipinski definition) is 1. The van der Waals surface area contributed by atoms with Crippen molar-refractivity contribution in [2.24, 2.45) is 4.40 Å². The molecule has 0 fully saturated rings. The Morgan fingerprint density at radius 2 is 2.24 bits per heavy atom. The van der Waals surface area contributed by atoms with E-state index in [0.29, 0.717) is 16.6 Å². The van der Waals surface area contributed by atoms with E-state index >= 15 is 0 Å². The molecule has 0 saturated heterocycles. The Morgan fingerprint density at radius 3 is 2.86 bits per heavy atom. The van der Waals surface area contributed by atoms with E-state index in [9.17, 15) is 13.5 Å². The van der Waals surface area contributed by atoms with Crippen molar-refractivity contribution in [1.29, 1.82) is 0 Å². The van der Waals surface area contributed by atoms with Crippen LogP contribution in [0.4, 0.5) is 0 Å². The Bertz CT molecular complexity index is 755. The summed E-state index contributed by atoms with van der Waals surface area (Å²) in [6, 6.07) is 6.23. The van der Waals surface area contributed by atoms with Crippen LogP contribution in [0.25, 0.3) is 0 Å². The predicted octanol–water partition coefficient (Wildman–Crippen LogP) is 3.42. The molecule has 2 rings (SSSR count). The molecule has 0 aliphatic heterocycles. The van der Waals surface area contributed by atoms with Gasteiger partial charge in [-0.25, -0.2) is 0 Å². The zero-order valence-electron chi connectivity index (χ0n) is 11.0. The summed E-state index contributed by atoms with van der Waals surface area (Å²) in [6.45, 7) is 2.17. The topological polar surface area (TPSA) is 76.0 Å². The monoisotopic (exact) mass is 389 g/mol. The van der Waals surface area contributed by atoms with E-state index in [1.807, 2.05) is 0 Å². The van der Waals surface area contributed by atoms with Crippen molar-refractivity contribution in [3.05, 3.63) is 39.7 Å². The molecule has 112 valence electrons. The Balaban J connectivity index is 2.34. The number of ether oxygens (including phenoxy) is 1. The number of phenolic OH excluding ortho intramolecular Hbond substituents is 1. The minimum Gasteiger partial charge on any atom is -0.503 e. The van der Waals surface area contributed by atoms with Crippen LogP contribution < -0.4 is 4.74 Å². The second-order valence-electron chi connectivity index (χ2n) is 3.92. The van der Waals surface area contributed by atoms with E-state index in [4.69, 9.17) is 4.74 Å². The molecule has 8 heteroatoms. The molecule has 0 amide bonds. The van der Waals surface area contributed by atoms with Gasteiger partial charge in [-0.05, 0) is 52.0 Å². The van der Waals surface area contributed by atoms with Crippen LogP contribution in [0.5, 0.6) is 11.5 Å². The Kier molecular flexibility index (Phi) is 5.02. The third-order valence-corrected chi connectivity index (χ3v) is 5.65. The maximum Gasteiger partial charge on any atom is 0.291 e. The summed E-state index contributed by atoms with van der Waals surface area (Å²) in [5.41, 5.74) is 0.503. The molecule has 1 heterocycles. The number of aromatic hydroxyl groups is 1. The number of sulfonamides is 1. The van der Waals surface area contributed by atoms with Crippen LogP contribution >= 0.6 is 27.3 Å². The lowest BCUT2D eigenvalue weighted by Crippen LogP contribution is -1.97. The van der Waals surface area contributed by atoms with E-state index in [1.165, 1.54) is 18.3 Å². The molecule has 0 atom stereocenters. The number of phenols is 1. The number of halogens is 1. The third-order valence-electron chi connectivity index (χ3n) is 2.44. The van der Waals surface area contributed by atoms with Crippen molar-refractivity contribution in [2.75, 3.05) is 6.61 Å². The first-order valence-electron chi connectivity index (χ1n) is 5.93. The van der Waals surface area contributed by atoms with Gasteiger partial charge >= 0.3 is 0 Å². The minimum atomic E-state index is -3.69. The summed E-state index contributed by atoms with van der Waals surface area (Å²) in [5, 5.41) is 11.5. The highest BCUT2D eigenvalue weighted by molar-refractivity contribution is 9.10. The Hall–Kier alpha value is -1.38. The summed E-state index contributed by atoms with van der Waals surface area (Å²) in [6.07, 6.45) is 1.22. The highest BCUT2D eigenvalue weighted by Gasteiger charge is 2.13. The van der Waals surface area contributed by atoms with Crippen LogP contribution in [-0.2, 0) is 10.0 Å². The smallest absolute Gasteiger partial charge is 0.291 e. The second kappa shape index (κ2) is 6.59. The molecule has 0 bridgehead atoms. The fourth-order valence-electron chi connectivity index (χ4n) is 1.53. The van der Waals surface area contributed by atoms with Crippen molar-refractivity contribution >= 4 is 43.5 Å². The molecule has 21 heavy (non-hydrogen) atoms. The quantitative estimate of drug-likeness (QED) is 0.794. The number of rotatable bonds is 5. The fourth-order valence-corrected chi connectivity index (χ4v) is 3.83. The van der Waals surface area contributed by atoms with Crippen LogP contribution in [0.1, 0.15) is 12.5 Å². The van der Waals surface area contributed by atoms with Crippen LogP contribution in [0.2, 0.25) is 0 Å². The first-order chi connectivity index (χ1) is 9.94. The van der Waals surface area contributed by atoms with E-state index < -0.39 is 10.0 Å². The lowest BCUT2D eigenvalue weighted by molar-refractivity contribution is 0.317. The number of hydrogen-bond acceptors (Lipinski definition) is 5. The lowest BCUT2D eigenvalue weighted by Gasteiger charge is -2.08. The summed E-state index contributed by atoms with van der Waals surface area (Å²) >= 11 is 4.29. The van der Waals surface area contributed by atoms with Gasteiger partial charge in [0.25, 0.3) is 10.0 Å². The van der Waals surface area contributed by atoms with Gasteiger partial charge < -0.3 is 9.84 Å². The van der Waals surface area contributed by atoms with Gasteiger partial charge in [-0.3, -0.25) is 0 Å². The average Bonchev–Trinajstić information content (AvgIpc) is 2.97. The molecular formula is C13H12BrNO4S2. The van der Waals surface area contributed by atoms with Crippen molar-refractivity contribution in [3.8, 4) is 11.5 Å². The van der Waals surface area contributed by atoms with Gasteiger partial charge in [-0.1, -0.05) is 6.07 Å². The van der Waals surface area contributed by atoms with E-state index in [-0.39, 0.29) is 15.7 Å². The first kappa shape index (κ1) is 16.0. The predicted molar refractivity (Wildman–Crippen MR) is 86.1 cm³/mol. The molecule has 0 aliphatic rings. The second-order valence-corrected chi connectivity index (χ2v) is 7.59. The summed E-state index contributed by atoms with van der Waals surface area (Å²) in [7, 11) is -3.69. The zero-order chi connectivity index (χ0) is 15.5. The lowest BCUT2D eigenvalue weighted by atomic mass is 10.2. The largest absolute Gasteiger partial charge is 0.503 e. The van der Waals surface area contributed by atoms with E-state index in [1.54, 1.807) is 24.4 Å². The summed E-state index contributed by atoms with van der Waals surface area (Å²) in [4.78, 5) is 0. The molecule has 1 N–H and O–H groups in total. The van der Waals surface area contributed by atoms with Gasteiger partial charge in [0.05, 0.1) is 11.1 Å². The highest BCUT2D eigenvalue weighted by Crippen LogP contribution is 2.35. The molecule has 0 aliphatic carbocycles. The molecule has 0 radical (unpaired) electrons. The summed E-state index contributed by atoms with van der Waals surface area (Å²) in [5.74, 6) is 0.233. The van der Waals surface area contributed by atoms with Crippen LogP contribution in [0, 0.1) is 0 Å². The molecule has 0 spiro atoms. The fraction of sp³-hybridized carbons (Fsp3) is 0.154. The molecule has 5 nitrogen and oxygen atoms in total. The van der Waals surface area contributed by atoms with Crippen LogP contribution in [-0.4, -0.2) is 26.3 Å². The maximum atomic E-state index is 11.9. The van der Waals surface area contributed by atoms with Gasteiger partial charge in [-0.15, -0.1) is 11.3 Å². The van der Waals surface area contributed by atoms with Gasteiger partial charge in [-0.2, -0.15) is 12.8 Å². The Morgan fingerprint density at radius 1 is 1.48 bits per heavy atom. The number of benzene rings is 1. The van der Waals surface area contributed by atoms with Crippen molar-refractivity contribution in [1.82, 2.24) is 0 Å². The van der Waals surface area contributed by atoms with Gasteiger partial charge in [0.15, 0.2) is 11.5 Å². The van der Waals surface area contributed by atoms with Crippen molar-refractivity contribution in [2.45, 2.75) is 11.1 Å². The van der Waals surface area contributed by atoms with Crippen molar-refractivity contribution in [3.63, 3.8) is 0 Å². The first-order valence-corrected chi connectivity index (χ1v) is 9.04. The van der Waals surface area contributed by atoms with E-state index in [0.717, 1.165) is 11.3 Å². The van der Waals surface area contributed by atoms with Crippen LogP contribution in [0.15, 0.2) is 42.7 Å². The standard InChI is InChI=1S/C13H12BrNO4S2/c1-2-19-11-7-9(6-10(14)13(11)16)8-15-21(17,18)12-4-3-5-20-12/h3-8,16H,2H2,1H3/b15-8-. The molecular weight excluding hydrogens is 378 g/mol. The molecule has 0 saturated carbocycles. The Labute approximate surface area is 135 Å². The minimum absolute atomic E-state index is 0.0323. The number of thiophene rings is 1. The van der Waals surface area contributed by atoms with Crippen molar-refractivity contribution < 1.29 is 18.3 Å². The maximum absolute atomic E-state index is 11.9. The molecule has 0 unspecified atom stereocenters. The molecule has 2 aromatic rings. The summed E-state index contributed by atoms with van der Waals surface area (Å²) < 4.78 is 33.4. The average molecular weight is 390 g/mol. The zero-order valence-corrected chi connectivity index (χ0v) is 14.2. The number of nitrogens with zero attached hydrogens (tertiary/aromatic N) is 1. The van der Waals surface area contributed by atoms with Gasteiger partial charge in [0, 0.05) is 6.21 Å². The van der Waals surface area contributed by atoms with Gasteiger partial charge in [0.1, 0.15) is 4.21 Å².